The van der Waals surface area contributed by atoms with Crippen molar-refractivity contribution in [1.29, 1.82) is 0 Å². The Morgan fingerprint density at radius 1 is 1.22 bits per heavy atom. The van der Waals surface area contributed by atoms with Crippen molar-refractivity contribution in [2.45, 2.75) is 44.7 Å². The zero-order valence-electron chi connectivity index (χ0n) is 11.6. The predicted molar refractivity (Wildman–Crippen MR) is 76.4 cm³/mol. The fraction of sp³-hybridized carbons (Fsp3) is 0.600. The molecule has 0 bridgehead atoms. The third kappa shape index (κ3) is 2.78. The van der Waals surface area contributed by atoms with Crippen LogP contribution in [0.15, 0.2) is 18.2 Å². The smallest absolute Gasteiger partial charge is 0.142 e. The van der Waals surface area contributed by atoms with Crippen LogP contribution < -0.4 is 15.4 Å². The summed E-state index contributed by atoms with van der Waals surface area (Å²) in [7, 11) is 3.90. The van der Waals surface area contributed by atoms with E-state index in [0.29, 0.717) is 12.1 Å². The van der Waals surface area contributed by atoms with Crippen molar-refractivity contribution < 1.29 is 4.74 Å². The van der Waals surface area contributed by atoms with Gasteiger partial charge in [-0.25, -0.2) is 0 Å². The summed E-state index contributed by atoms with van der Waals surface area (Å²) in [5.41, 5.74) is 8.43. The molecule has 1 aromatic rings. The standard InChI is InChI=1S/C15H24N2O/c1-11-4-9-15(18-3)14(10-11)17(2)13-7-5-12(16)6-8-13/h4,9-10,12-13H,5-8,16H2,1-3H3. The molecule has 18 heavy (non-hydrogen) atoms. The van der Waals surface area contributed by atoms with Gasteiger partial charge in [0.1, 0.15) is 5.75 Å². The molecule has 1 saturated carbocycles. The highest BCUT2D eigenvalue weighted by molar-refractivity contribution is 5.60. The molecule has 0 radical (unpaired) electrons. The Morgan fingerprint density at radius 2 is 1.89 bits per heavy atom. The molecule has 0 aromatic heterocycles. The second-order valence-electron chi connectivity index (χ2n) is 5.35. The molecule has 0 heterocycles. The lowest BCUT2D eigenvalue weighted by Crippen LogP contribution is -2.38. The molecule has 1 aromatic carbocycles. The highest BCUT2D eigenvalue weighted by Gasteiger charge is 2.23. The number of nitrogens with two attached hydrogens (primary N) is 1. The highest BCUT2D eigenvalue weighted by atomic mass is 16.5. The average molecular weight is 248 g/mol. The van der Waals surface area contributed by atoms with Crippen molar-refractivity contribution in [3.63, 3.8) is 0 Å². The van der Waals surface area contributed by atoms with Gasteiger partial charge < -0.3 is 15.4 Å². The van der Waals surface area contributed by atoms with Gasteiger partial charge in [0.2, 0.25) is 0 Å². The maximum atomic E-state index is 5.97. The first-order chi connectivity index (χ1) is 8.61. The number of benzene rings is 1. The molecule has 2 rings (SSSR count). The third-order valence-electron chi connectivity index (χ3n) is 4.00. The third-order valence-corrected chi connectivity index (χ3v) is 4.00. The molecule has 100 valence electrons. The molecule has 3 nitrogen and oxygen atoms in total. The number of anilines is 1. The van der Waals surface area contributed by atoms with Gasteiger partial charge in [-0.3, -0.25) is 0 Å². The molecule has 1 fully saturated rings. The number of hydrogen-bond donors (Lipinski definition) is 1. The van der Waals surface area contributed by atoms with E-state index in [1.165, 1.54) is 24.1 Å². The lowest BCUT2D eigenvalue weighted by Gasteiger charge is -2.35. The SMILES string of the molecule is COc1ccc(C)cc1N(C)C1CCC(N)CC1. The van der Waals surface area contributed by atoms with Gasteiger partial charge in [-0.15, -0.1) is 0 Å². The molecule has 0 atom stereocenters. The molecule has 0 unspecified atom stereocenters. The van der Waals surface area contributed by atoms with Crippen LogP contribution in [0.2, 0.25) is 0 Å². The van der Waals surface area contributed by atoms with Crippen molar-refractivity contribution in [3.05, 3.63) is 23.8 Å². The van der Waals surface area contributed by atoms with E-state index in [0.717, 1.165) is 18.6 Å². The number of hydrogen-bond acceptors (Lipinski definition) is 3. The molecule has 0 aliphatic heterocycles. The molecule has 2 N–H and O–H groups in total. The summed E-state index contributed by atoms with van der Waals surface area (Å²) < 4.78 is 5.47. The Balaban J connectivity index is 2.17. The number of nitrogens with zero attached hydrogens (tertiary/aromatic N) is 1. The second-order valence-corrected chi connectivity index (χ2v) is 5.35. The fourth-order valence-corrected chi connectivity index (χ4v) is 2.76. The number of methoxy groups -OCH3 is 1. The van der Waals surface area contributed by atoms with Gasteiger partial charge in [-0.2, -0.15) is 0 Å². The minimum atomic E-state index is 0.397. The lowest BCUT2D eigenvalue weighted by atomic mass is 9.90. The van der Waals surface area contributed by atoms with Crippen molar-refractivity contribution in [1.82, 2.24) is 0 Å². The van der Waals surface area contributed by atoms with Gasteiger partial charge in [0, 0.05) is 19.1 Å². The van der Waals surface area contributed by atoms with E-state index >= 15 is 0 Å². The maximum Gasteiger partial charge on any atom is 0.142 e. The molecular weight excluding hydrogens is 224 g/mol. The first-order valence-electron chi connectivity index (χ1n) is 6.75. The summed E-state index contributed by atoms with van der Waals surface area (Å²) in [6.07, 6.45) is 4.61. The summed E-state index contributed by atoms with van der Waals surface area (Å²) in [5.74, 6) is 0.956. The van der Waals surface area contributed by atoms with Crippen molar-refractivity contribution >= 4 is 5.69 Å². The van der Waals surface area contributed by atoms with E-state index in [9.17, 15) is 0 Å². The van der Waals surface area contributed by atoms with Crippen LogP contribution in [-0.2, 0) is 0 Å². The number of ether oxygens (including phenoxy) is 1. The average Bonchev–Trinajstić information content (AvgIpc) is 2.39. The Kier molecular flexibility index (Phi) is 4.12. The topological polar surface area (TPSA) is 38.5 Å². The zero-order chi connectivity index (χ0) is 13.1. The summed E-state index contributed by atoms with van der Waals surface area (Å²) in [6.45, 7) is 2.12. The molecule has 0 amide bonds. The first kappa shape index (κ1) is 13.2. The molecule has 3 heteroatoms. The van der Waals surface area contributed by atoms with Crippen LogP contribution in [0.25, 0.3) is 0 Å². The van der Waals surface area contributed by atoms with Crippen molar-refractivity contribution in [3.8, 4) is 5.75 Å². The van der Waals surface area contributed by atoms with E-state index in [4.69, 9.17) is 10.5 Å². The summed E-state index contributed by atoms with van der Waals surface area (Å²) in [4.78, 5) is 2.36. The number of aryl methyl sites for hydroxylation is 1. The first-order valence-corrected chi connectivity index (χ1v) is 6.75. The van der Waals surface area contributed by atoms with E-state index < -0.39 is 0 Å². The molecule has 0 saturated heterocycles. The minimum absolute atomic E-state index is 0.397. The highest BCUT2D eigenvalue weighted by Crippen LogP contribution is 2.33. The van der Waals surface area contributed by atoms with Crippen LogP contribution in [-0.4, -0.2) is 26.2 Å². The van der Waals surface area contributed by atoms with Crippen LogP contribution in [0.5, 0.6) is 5.75 Å². The summed E-state index contributed by atoms with van der Waals surface area (Å²) >= 11 is 0. The molecule has 1 aliphatic rings. The van der Waals surface area contributed by atoms with Crippen LogP contribution in [0.3, 0.4) is 0 Å². The van der Waals surface area contributed by atoms with Crippen LogP contribution in [0.4, 0.5) is 5.69 Å². The summed E-state index contributed by atoms with van der Waals surface area (Å²) in [5, 5.41) is 0. The van der Waals surface area contributed by atoms with Gasteiger partial charge in [-0.05, 0) is 50.3 Å². The largest absolute Gasteiger partial charge is 0.495 e. The van der Waals surface area contributed by atoms with E-state index in [1.807, 2.05) is 0 Å². The van der Waals surface area contributed by atoms with Gasteiger partial charge >= 0.3 is 0 Å². The monoisotopic (exact) mass is 248 g/mol. The Bertz CT molecular complexity index is 397. The predicted octanol–water partition coefficient (Wildman–Crippen LogP) is 2.71. The quantitative estimate of drug-likeness (QED) is 0.894. The van der Waals surface area contributed by atoms with Crippen LogP contribution in [0.1, 0.15) is 31.2 Å². The van der Waals surface area contributed by atoms with E-state index in [1.54, 1.807) is 7.11 Å². The lowest BCUT2D eigenvalue weighted by molar-refractivity contribution is 0.378. The van der Waals surface area contributed by atoms with Crippen molar-refractivity contribution in [2.24, 2.45) is 5.73 Å². The minimum Gasteiger partial charge on any atom is -0.495 e. The molecule has 1 aliphatic carbocycles. The Labute approximate surface area is 110 Å². The Hall–Kier alpha value is -1.22. The van der Waals surface area contributed by atoms with Gasteiger partial charge in [0.25, 0.3) is 0 Å². The fourth-order valence-electron chi connectivity index (χ4n) is 2.76. The zero-order valence-corrected chi connectivity index (χ0v) is 11.6. The maximum absolute atomic E-state index is 5.97. The van der Waals surface area contributed by atoms with E-state index in [2.05, 4.69) is 37.1 Å². The van der Waals surface area contributed by atoms with Crippen molar-refractivity contribution in [2.75, 3.05) is 19.1 Å². The molecular formula is C15H24N2O. The Morgan fingerprint density at radius 3 is 2.50 bits per heavy atom. The van der Waals surface area contributed by atoms with Gasteiger partial charge in [0.05, 0.1) is 12.8 Å². The van der Waals surface area contributed by atoms with Gasteiger partial charge in [-0.1, -0.05) is 6.07 Å². The summed E-state index contributed by atoms with van der Waals surface area (Å²) in [6, 6.07) is 7.32. The van der Waals surface area contributed by atoms with Crippen LogP contribution in [0, 0.1) is 6.92 Å². The number of rotatable bonds is 3. The molecule has 0 spiro atoms. The van der Waals surface area contributed by atoms with Gasteiger partial charge in [0.15, 0.2) is 0 Å². The van der Waals surface area contributed by atoms with Crippen LogP contribution >= 0.6 is 0 Å². The normalized spacial score (nSPS) is 23.8. The van der Waals surface area contributed by atoms with E-state index in [-0.39, 0.29) is 0 Å². The second kappa shape index (κ2) is 5.61.